The third kappa shape index (κ3) is 3.06. The molecule has 1 aromatic carbocycles. The topological polar surface area (TPSA) is 116 Å². The van der Waals surface area contributed by atoms with E-state index >= 15 is 0 Å². The van der Waals surface area contributed by atoms with Crippen LogP contribution in [0.3, 0.4) is 0 Å². The van der Waals surface area contributed by atoms with E-state index < -0.39 is 47.1 Å². The molecule has 9 heteroatoms. The molecule has 1 aromatic rings. The number of hydrogen-bond donors (Lipinski definition) is 0. The minimum absolute atomic E-state index is 0.0308. The summed E-state index contributed by atoms with van der Waals surface area (Å²) < 4.78 is 14.8. The van der Waals surface area contributed by atoms with E-state index in [-0.39, 0.29) is 24.3 Å². The second-order valence-corrected chi connectivity index (χ2v) is 6.67. The smallest absolute Gasteiger partial charge is 0.333 e. The first-order valence-corrected chi connectivity index (χ1v) is 9.44. The van der Waals surface area contributed by atoms with Gasteiger partial charge in [-0.1, -0.05) is 18.2 Å². The van der Waals surface area contributed by atoms with Crippen molar-refractivity contribution in [3.63, 3.8) is 0 Å². The monoisotopic (exact) mass is 415 g/mol. The summed E-state index contributed by atoms with van der Waals surface area (Å²) in [6.07, 6.45) is 2.34. The summed E-state index contributed by atoms with van der Waals surface area (Å²) >= 11 is 0. The number of imide groups is 1. The van der Waals surface area contributed by atoms with Gasteiger partial charge in [0.15, 0.2) is 5.54 Å². The maximum absolute atomic E-state index is 13.1. The fraction of sp³-hybridized carbons (Fsp3) is 0.381. The quantitative estimate of drug-likeness (QED) is 0.282. The molecule has 1 heterocycles. The Morgan fingerprint density at radius 2 is 1.60 bits per heavy atom. The number of fused-ring (bicyclic) bond motifs is 1. The first-order valence-electron chi connectivity index (χ1n) is 9.44. The second-order valence-electron chi connectivity index (χ2n) is 6.67. The van der Waals surface area contributed by atoms with E-state index in [1.54, 1.807) is 26.0 Å². The molecule has 0 saturated heterocycles. The Balaban J connectivity index is 2.09. The Hall–Kier alpha value is -3.49. The average molecular weight is 415 g/mol. The van der Waals surface area contributed by atoms with Gasteiger partial charge >= 0.3 is 17.9 Å². The van der Waals surface area contributed by atoms with Crippen molar-refractivity contribution in [2.24, 2.45) is 11.8 Å². The fourth-order valence-corrected chi connectivity index (χ4v) is 3.92. The predicted molar refractivity (Wildman–Crippen MR) is 101 cm³/mol. The van der Waals surface area contributed by atoms with Crippen molar-refractivity contribution in [3.8, 4) is 0 Å². The molecule has 1 aliphatic heterocycles. The van der Waals surface area contributed by atoms with Gasteiger partial charge in [0.25, 0.3) is 11.8 Å². The van der Waals surface area contributed by atoms with E-state index in [2.05, 4.69) is 0 Å². The molecule has 1 saturated carbocycles. The number of esters is 3. The van der Waals surface area contributed by atoms with E-state index in [9.17, 15) is 24.0 Å². The number of carbonyl (C=O) groups excluding carboxylic acids is 5. The molecule has 2 amide bonds. The minimum atomic E-state index is -1.95. The van der Waals surface area contributed by atoms with Gasteiger partial charge in [-0.15, -0.1) is 0 Å². The van der Waals surface area contributed by atoms with Crippen LogP contribution >= 0.6 is 0 Å². The van der Waals surface area contributed by atoms with Gasteiger partial charge in [0.1, 0.15) is 5.92 Å². The van der Waals surface area contributed by atoms with Crippen LogP contribution in [0.2, 0.25) is 0 Å². The van der Waals surface area contributed by atoms with Crippen LogP contribution in [0.15, 0.2) is 36.4 Å². The molecule has 0 bridgehead atoms. The summed E-state index contributed by atoms with van der Waals surface area (Å²) in [5.74, 6) is -6.07. The number of benzene rings is 1. The van der Waals surface area contributed by atoms with Crippen molar-refractivity contribution in [2.45, 2.75) is 19.4 Å². The van der Waals surface area contributed by atoms with E-state index in [1.807, 2.05) is 0 Å². The summed E-state index contributed by atoms with van der Waals surface area (Å²) in [4.78, 5) is 64.2. The Labute approximate surface area is 172 Å². The lowest BCUT2D eigenvalue weighted by Gasteiger charge is -2.25. The molecular weight excluding hydrogens is 394 g/mol. The van der Waals surface area contributed by atoms with Gasteiger partial charge in [-0.25, -0.2) is 9.59 Å². The van der Waals surface area contributed by atoms with Crippen LogP contribution in [-0.2, 0) is 28.6 Å². The molecule has 3 rings (SSSR count). The third-order valence-corrected chi connectivity index (χ3v) is 5.18. The molecule has 2 aliphatic rings. The van der Waals surface area contributed by atoms with E-state index in [1.165, 1.54) is 18.2 Å². The number of carbonyl (C=O) groups is 5. The Kier molecular flexibility index (Phi) is 5.73. The van der Waals surface area contributed by atoms with Crippen molar-refractivity contribution in [1.29, 1.82) is 0 Å². The van der Waals surface area contributed by atoms with Crippen molar-refractivity contribution >= 4 is 29.7 Å². The molecule has 0 spiro atoms. The maximum Gasteiger partial charge on any atom is 0.333 e. The van der Waals surface area contributed by atoms with Gasteiger partial charge in [0.05, 0.1) is 31.5 Å². The average Bonchev–Trinajstić information content (AvgIpc) is 3.33. The first kappa shape index (κ1) is 21.2. The Morgan fingerprint density at radius 1 is 1.03 bits per heavy atom. The normalized spacial score (nSPS) is 24.6. The van der Waals surface area contributed by atoms with Crippen LogP contribution < -0.4 is 0 Å². The van der Waals surface area contributed by atoms with Gasteiger partial charge in [-0.2, -0.15) is 0 Å². The SMILES string of the molecule is CCOC(=O)/C=C\[C@@H]1[C@H](C(=O)OCC)[C@]1(C(=O)OC)N1C(=O)c2ccccc2C1=O. The zero-order chi connectivity index (χ0) is 22.1. The zero-order valence-corrected chi connectivity index (χ0v) is 16.7. The largest absolute Gasteiger partial charge is 0.467 e. The van der Waals surface area contributed by atoms with Crippen molar-refractivity contribution in [3.05, 3.63) is 47.5 Å². The minimum Gasteiger partial charge on any atom is -0.467 e. The van der Waals surface area contributed by atoms with Gasteiger partial charge < -0.3 is 14.2 Å². The van der Waals surface area contributed by atoms with E-state index in [4.69, 9.17) is 14.2 Å². The molecule has 3 atom stereocenters. The highest BCUT2D eigenvalue weighted by molar-refractivity contribution is 6.24. The molecule has 9 nitrogen and oxygen atoms in total. The molecule has 1 aliphatic carbocycles. The maximum atomic E-state index is 13.1. The second kappa shape index (κ2) is 8.10. The van der Waals surface area contributed by atoms with E-state index in [0.717, 1.165) is 18.1 Å². The van der Waals surface area contributed by atoms with Crippen molar-refractivity contribution < 1.29 is 38.2 Å². The lowest BCUT2D eigenvalue weighted by atomic mass is 10.1. The molecule has 0 aromatic heterocycles. The molecule has 158 valence electrons. The summed E-state index contributed by atoms with van der Waals surface area (Å²) in [7, 11) is 1.09. The zero-order valence-electron chi connectivity index (χ0n) is 16.7. The molecule has 30 heavy (non-hydrogen) atoms. The highest BCUT2D eigenvalue weighted by atomic mass is 16.5. The van der Waals surface area contributed by atoms with Crippen LogP contribution in [0.4, 0.5) is 0 Å². The number of amides is 2. The van der Waals surface area contributed by atoms with Crippen LogP contribution in [-0.4, -0.2) is 60.5 Å². The highest BCUT2D eigenvalue weighted by Gasteiger charge is 2.79. The number of ether oxygens (including phenoxy) is 3. The summed E-state index contributed by atoms with van der Waals surface area (Å²) in [6.45, 7) is 3.38. The number of nitrogens with zero attached hydrogens (tertiary/aromatic N) is 1. The lowest BCUT2D eigenvalue weighted by Crippen LogP contribution is -2.51. The molecule has 0 unspecified atom stereocenters. The predicted octanol–water partition coefficient (Wildman–Crippen LogP) is 1.12. The van der Waals surface area contributed by atoms with Crippen LogP contribution in [0, 0.1) is 11.8 Å². The Morgan fingerprint density at radius 3 is 2.10 bits per heavy atom. The summed E-state index contributed by atoms with van der Waals surface area (Å²) in [6, 6.07) is 6.11. The van der Waals surface area contributed by atoms with Crippen LogP contribution in [0.5, 0.6) is 0 Å². The number of rotatable bonds is 7. The molecular formula is C21H21NO8. The van der Waals surface area contributed by atoms with Gasteiger partial charge in [0.2, 0.25) is 0 Å². The van der Waals surface area contributed by atoms with E-state index in [0.29, 0.717) is 0 Å². The summed E-state index contributed by atoms with van der Waals surface area (Å²) in [5, 5.41) is 0. The van der Waals surface area contributed by atoms with Gasteiger partial charge in [-0.3, -0.25) is 19.3 Å². The van der Waals surface area contributed by atoms with Crippen molar-refractivity contribution in [2.75, 3.05) is 20.3 Å². The fourth-order valence-electron chi connectivity index (χ4n) is 3.92. The van der Waals surface area contributed by atoms with Crippen molar-refractivity contribution in [1.82, 2.24) is 4.90 Å². The van der Waals surface area contributed by atoms with Gasteiger partial charge in [-0.05, 0) is 26.0 Å². The highest BCUT2D eigenvalue weighted by Crippen LogP contribution is 2.59. The molecule has 0 N–H and O–H groups in total. The third-order valence-electron chi connectivity index (χ3n) is 5.18. The number of methoxy groups -OCH3 is 1. The number of hydrogen-bond acceptors (Lipinski definition) is 8. The molecule has 1 fully saturated rings. The first-order chi connectivity index (χ1) is 14.4. The van der Waals surface area contributed by atoms with Crippen LogP contribution in [0.25, 0.3) is 0 Å². The Bertz CT molecular complexity index is 917. The standard InChI is InChI=1S/C21H21NO8/c1-4-29-15(23)11-10-14-16(19(26)30-5-2)21(14,20(27)28-3)22-17(24)12-8-6-7-9-13(12)18(22)25/h6-11,14,16H,4-5H2,1-3H3/b11-10-/t14-,16-,21-/m1/s1. The van der Waals surface area contributed by atoms with Crippen LogP contribution in [0.1, 0.15) is 34.6 Å². The molecule has 0 radical (unpaired) electrons. The van der Waals surface area contributed by atoms with Gasteiger partial charge in [0, 0.05) is 12.0 Å². The summed E-state index contributed by atoms with van der Waals surface area (Å²) in [5.41, 5.74) is -1.71. The lowest BCUT2D eigenvalue weighted by molar-refractivity contribution is -0.153.